The minimum atomic E-state index is -0.645. The summed E-state index contributed by atoms with van der Waals surface area (Å²) in [7, 11) is 0. The zero-order valence-electron chi connectivity index (χ0n) is 7.08. The molecular formula is C8H15NO2. The number of hydrogen-bond acceptors (Lipinski definition) is 2. The van der Waals surface area contributed by atoms with Crippen molar-refractivity contribution in [2.75, 3.05) is 19.6 Å². The molecule has 0 unspecified atom stereocenters. The summed E-state index contributed by atoms with van der Waals surface area (Å²) in [6.07, 6.45) is 0. The molecule has 0 aliphatic carbocycles. The number of carboxylic acid groups (broad SMARTS) is 1. The fraction of sp³-hybridized carbons (Fsp3) is 0.875. The number of hydrogen-bond donors (Lipinski definition) is 1. The second kappa shape index (κ2) is 3.22. The third kappa shape index (κ3) is 1.71. The highest BCUT2D eigenvalue weighted by molar-refractivity contribution is 5.71. The lowest BCUT2D eigenvalue weighted by molar-refractivity contribution is -0.142. The quantitative estimate of drug-likeness (QED) is 0.640. The number of carboxylic acids is 1. The molecule has 0 aromatic heterocycles. The molecule has 1 heterocycles. The maximum Gasteiger partial charge on any atom is 0.308 e. The maximum absolute atomic E-state index is 10.6. The minimum Gasteiger partial charge on any atom is -0.481 e. The fourth-order valence-electron chi connectivity index (χ4n) is 1.65. The van der Waals surface area contributed by atoms with Crippen molar-refractivity contribution in [1.82, 2.24) is 4.90 Å². The molecule has 11 heavy (non-hydrogen) atoms. The van der Waals surface area contributed by atoms with E-state index in [0.717, 1.165) is 19.6 Å². The van der Waals surface area contributed by atoms with Crippen molar-refractivity contribution < 1.29 is 9.90 Å². The first-order valence-corrected chi connectivity index (χ1v) is 4.10. The van der Waals surface area contributed by atoms with Gasteiger partial charge < -0.3 is 10.0 Å². The van der Waals surface area contributed by atoms with Gasteiger partial charge in [0.05, 0.1) is 5.92 Å². The Bertz CT molecular complexity index is 158. The van der Waals surface area contributed by atoms with Gasteiger partial charge in [0, 0.05) is 13.1 Å². The van der Waals surface area contributed by atoms with Gasteiger partial charge in [0.2, 0.25) is 0 Å². The van der Waals surface area contributed by atoms with Crippen molar-refractivity contribution in [1.29, 1.82) is 0 Å². The summed E-state index contributed by atoms with van der Waals surface area (Å²) in [5.41, 5.74) is 0. The Morgan fingerprint density at radius 3 is 2.55 bits per heavy atom. The molecule has 1 aliphatic rings. The average molecular weight is 157 g/mol. The van der Waals surface area contributed by atoms with Gasteiger partial charge in [0.15, 0.2) is 0 Å². The Morgan fingerprint density at radius 2 is 2.27 bits per heavy atom. The first-order valence-electron chi connectivity index (χ1n) is 4.10. The third-order valence-electron chi connectivity index (χ3n) is 2.45. The normalized spacial score (nSPS) is 32.5. The highest BCUT2D eigenvalue weighted by atomic mass is 16.4. The van der Waals surface area contributed by atoms with Gasteiger partial charge in [-0.1, -0.05) is 13.8 Å². The molecule has 3 heteroatoms. The van der Waals surface area contributed by atoms with Gasteiger partial charge in [0.25, 0.3) is 0 Å². The van der Waals surface area contributed by atoms with Crippen LogP contribution in [0.3, 0.4) is 0 Å². The number of nitrogens with zero attached hydrogens (tertiary/aromatic N) is 1. The lowest BCUT2D eigenvalue weighted by Crippen LogP contribution is -2.22. The van der Waals surface area contributed by atoms with Gasteiger partial charge in [0.1, 0.15) is 0 Å². The molecule has 64 valence electrons. The van der Waals surface area contributed by atoms with E-state index in [1.54, 1.807) is 0 Å². The first kappa shape index (κ1) is 8.53. The summed E-state index contributed by atoms with van der Waals surface area (Å²) in [5.74, 6) is -0.476. The molecule has 0 aromatic rings. The smallest absolute Gasteiger partial charge is 0.308 e. The van der Waals surface area contributed by atoms with Gasteiger partial charge in [-0.2, -0.15) is 0 Å². The van der Waals surface area contributed by atoms with Crippen molar-refractivity contribution in [3.8, 4) is 0 Å². The zero-order chi connectivity index (χ0) is 8.43. The van der Waals surface area contributed by atoms with E-state index in [4.69, 9.17) is 5.11 Å². The number of carbonyl (C=O) groups is 1. The van der Waals surface area contributed by atoms with Crippen molar-refractivity contribution >= 4 is 5.97 Å². The van der Waals surface area contributed by atoms with Crippen molar-refractivity contribution in [3.63, 3.8) is 0 Å². The van der Waals surface area contributed by atoms with Crippen LogP contribution in [0.4, 0.5) is 0 Å². The predicted molar refractivity (Wildman–Crippen MR) is 42.4 cm³/mol. The monoisotopic (exact) mass is 157 g/mol. The van der Waals surface area contributed by atoms with Crippen molar-refractivity contribution in [2.45, 2.75) is 13.8 Å². The Balaban J connectivity index is 2.51. The Labute approximate surface area is 67.0 Å². The highest BCUT2D eigenvalue weighted by Crippen LogP contribution is 2.22. The van der Waals surface area contributed by atoms with Gasteiger partial charge in [-0.3, -0.25) is 4.79 Å². The number of likely N-dealkylation sites (tertiary alicyclic amines) is 1. The SMILES string of the molecule is CCN1C[C@@H](C)[C@H](C(=O)O)C1. The number of aliphatic carboxylic acids is 1. The third-order valence-corrected chi connectivity index (χ3v) is 2.45. The molecule has 0 radical (unpaired) electrons. The molecule has 0 spiro atoms. The summed E-state index contributed by atoms with van der Waals surface area (Å²) in [6, 6.07) is 0. The first-order chi connectivity index (χ1) is 5.15. The molecule has 0 bridgehead atoms. The van der Waals surface area contributed by atoms with Crippen LogP contribution in [-0.2, 0) is 4.79 Å². The van der Waals surface area contributed by atoms with Crippen LogP contribution in [0.1, 0.15) is 13.8 Å². The number of rotatable bonds is 2. The second-order valence-electron chi connectivity index (χ2n) is 3.27. The summed E-state index contributed by atoms with van der Waals surface area (Å²) in [4.78, 5) is 12.8. The Morgan fingerprint density at radius 1 is 1.64 bits per heavy atom. The van der Waals surface area contributed by atoms with Gasteiger partial charge in [-0.25, -0.2) is 0 Å². The van der Waals surface area contributed by atoms with E-state index in [1.165, 1.54) is 0 Å². The van der Waals surface area contributed by atoms with Crippen LogP contribution in [0.2, 0.25) is 0 Å². The van der Waals surface area contributed by atoms with Crippen molar-refractivity contribution in [2.24, 2.45) is 11.8 Å². The molecule has 1 fully saturated rings. The lowest BCUT2D eigenvalue weighted by Gasteiger charge is -2.10. The van der Waals surface area contributed by atoms with Gasteiger partial charge in [-0.05, 0) is 12.5 Å². The maximum atomic E-state index is 10.6. The van der Waals surface area contributed by atoms with Crippen LogP contribution in [-0.4, -0.2) is 35.6 Å². The van der Waals surface area contributed by atoms with E-state index >= 15 is 0 Å². The minimum absolute atomic E-state index is 0.144. The molecule has 1 aliphatic heterocycles. The van der Waals surface area contributed by atoms with E-state index in [2.05, 4.69) is 11.8 Å². The molecule has 0 amide bonds. The fourth-order valence-corrected chi connectivity index (χ4v) is 1.65. The molecule has 0 aromatic carbocycles. The molecule has 3 nitrogen and oxygen atoms in total. The molecule has 1 rings (SSSR count). The summed E-state index contributed by atoms with van der Waals surface area (Å²) in [6.45, 7) is 6.71. The summed E-state index contributed by atoms with van der Waals surface area (Å²) < 4.78 is 0. The molecule has 1 saturated heterocycles. The standard InChI is InChI=1S/C8H15NO2/c1-3-9-4-6(2)7(5-9)8(10)11/h6-7H,3-5H2,1-2H3,(H,10,11)/t6-,7-/m1/s1. The molecular weight excluding hydrogens is 142 g/mol. The van der Waals surface area contributed by atoms with E-state index in [0.29, 0.717) is 5.92 Å². The molecule has 2 atom stereocenters. The lowest BCUT2D eigenvalue weighted by atomic mass is 9.99. The van der Waals surface area contributed by atoms with Crippen LogP contribution in [0.5, 0.6) is 0 Å². The highest BCUT2D eigenvalue weighted by Gasteiger charge is 2.33. The van der Waals surface area contributed by atoms with Crippen LogP contribution < -0.4 is 0 Å². The van der Waals surface area contributed by atoms with Gasteiger partial charge >= 0.3 is 5.97 Å². The summed E-state index contributed by atoms with van der Waals surface area (Å²) in [5, 5.41) is 8.77. The summed E-state index contributed by atoms with van der Waals surface area (Å²) >= 11 is 0. The topological polar surface area (TPSA) is 40.5 Å². The van der Waals surface area contributed by atoms with Crippen LogP contribution in [0.25, 0.3) is 0 Å². The largest absolute Gasteiger partial charge is 0.481 e. The van der Waals surface area contributed by atoms with Crippen molar-refractivity contribution in [3.05, 3.63) is 0 Å². The second-order valence-corrected chi connectivity index (χ2v) is 3.27. The van der Waals surface area contributed by atoms with E-state index in [-0.39, 0.29) is 5.92 Å². The predicted octanol–water partition coefficient (Wildman–Crippen LogP) is 0.659. The van der Waals surface area contributed by atoms with E-state index in [9.17, 15) is 4.79 Å². The van der Waals surface area contributed by atoms with Crippen LogP contribution >= 0.6 is 0 Å². The van der Waals surface area contributed by atoms with Gasteiger partial charge in [-0.15, -0.1) is 0 Å². The zero-order valence-corrected chi connectivity index (χ0v) is 7.08. The van der Waals surface area contributed by atoms with E-state index in [1.807, 2.05) is 6.92 Å². The Hall–Kier alpha value is -0.570. The van der Waals surface area contributed by atoms with Crippen LogP contribution in [0.15, 0.2) is 0 Å². The van der Waals surface area contributed by atoms with E-state index < -0.39 is 5.97 Å². The Kier molecular flexibility index (Phi) is 2.49. The molecule has 0 saturated carbocycles. The van der Waals surface area contributed by atoms with Crippen LogP contribution in [0, 0.1) is 11.8 Å². The molecule has 1 N–H and O–H groups in total. The average Bonchev–Trinajstić information content (AvgIpc) is 2.30.